The fraction of sp³-hybridized carbons (Fsp3) is 0.909. The van der Waals surface area contributed by atoms with E-state index < -0.39 is 5.79 Å². The van der Waals surface area contributed by atoms with E-state index in [9.17, 15) is 4.79 Å². The molecule has 174 valence electrons. The highest BCUT2D eigenvalue weighted by atomic mass is 16.8. The Morgan fingerprint density at radius 2 is 1.97 bits per heavy atom. The molecule has 0 spiro atoms. The number of rotatable bonds is 6. The van der Waals surface area contributed by atoms with E-state index >= 15 is 0 Å². The predicted molar refractivity (Wildman–Crippen MR) is 113 cm³/mol. The van der Waals surface area contributed by atoms with Crippen molar-refractivity contribution in [1.82, 2.24) is 15.1 Å². The van der Waals surface area contributed by atoms with Crippen molar-refractivity contribution in [3.05, 3.63) is 11.4 Å². The lowest BCUT2D eigenvalue weighted by atomic mass is 9.89. The average Bonchev–Trinajstić information content (AvgIpc) is 3.40. The molecule has 0 aliphatic carbocycles. The summed E-state index contributed by atoms with van der Waals surface area (Å²) in [6.07, 6.45) is 2.53. The maximum atomic E-state index is 12.6. The van der Waals surface area contributed by atoms with Crippen LogP contribution in [0.3, 0.4) is 0 Å². The van der Waals surface area contributed by atoms with Crippen molar-refractivity contribution in [2.75, 3.05) is 39.8 Å². The number of carbonyl (C=O) groups excluding carboxylic acids is 1. The van der Waals surface area contributed by atoms with Gasteiger partial charge in [0.05, 0.1) is 6.54 Å². The molecule has 9 nitrogen and oxygen atoms in total. The van der Waals surface area contributed by atoms with Gasteiger partial charge in [0.15, 0.2) is 12.1 Å². The van der Waals surface area contributed by atoms with Crippen molar-refractivity contribution >= 4 is 5.91 Å². The van der Waals surface area contributed by atoms with Gasteiger partial charge in [-0.15, -0.1) is 0 Å². The van der Waals surface area contributed by atoms with Crippen LogP contribution in [0.15, 0.2) is 0 Å². The van der Waals surface area contributed by atoms with Gasteiger partial charge in [0, 0.05) is 32.2 Å². The molecular weight excluding hydrogens is 400 g/mol. The van der Waals surface area contributed by atoms with Crippen molar-refractivity contribution in [3.8, 4) is 0 Å². The summed E-state index contributed by atoms with van der Waals surface area (Å²) in [7, 11) is 1.70. The Morgan fingerprint density at radius 3 is 2.65 bits per heavy atom. The van der Waals surface area contributed by atoms with Crippen LogP contribution < -0.4 is 5.32 Å². The maximum absolute atomic E-state index is 12.6. The van der Waals surface area contributed by atoms with E-state index in [1.54, 1.807) is 12.0 Å². The predicted octanol–water partition coefficient (Wildman–Crippen LogP) is 1.19. The van der Waals surface area contributed by atoms with Gasteiger partial charge >= 0.3 is 6.17 Å². The summed E-state index contributed by atoms with van der Waals surface area (Å²) in [5.41, 5.74) is -0.0799. The fourth-order valence-electron chi connectivity index (χ4n) is 5.20. The number of hydrogen-bond donors (Lipinski definition) is 1. The van der Waals surface area contributed by atoms with Crippen LogP contribution in [0.1, 0.15) is 46.5 Å². The molecule has 4 rings (SSSR count). The van der Waals surface area contributed by atoms with Gasteiger partial charge in [0.25, 0.3) is 0 Å². The van der Waals surface area contributed by atoms with Crippen molar-refractivity contribution in [2.45, 2.75) is 88.5 Å². The van der Waals surface area contributed by atoms with Crippen molar-refractivity contribution in [3.63, 3.8) is 0 Å². The summed E-state index contributed by atoms with van der Waals surface area (Å²) in [5, 5.41) is 3.48. The Bertz CT molecular complexity index is 703. The molecule has 4 aliphatic rings. The molecule has 0 aromatic rings. The molecule has 0 radical (unpaired) electrons. The lowest BCUT2D eigenvalue weighted by molar-refractivity contribution is -0.218. The molecule has 31 heavy (non-hydrogen) atoms. The van der Waals surface area contributed by atoms with Gasteiger partial charge in [-0.05, 0) is 53.1 Å². The summed E-state index contributed by atoms with van der Waals surface area (Å²) >= 11 is 0. The summed E-state index contributed by atoms with van der Waals surface area (Å²) in [4.78, 5) is 20.3. The van der Waals surface area contributed by atoms with Gasteiger partial charge in [-0.3, -0.25) is 14.5 Å². The standard InChI is InChI=1S/C22H36N4O5/c1-21(2)30-19-18(28-5)15(29-20(19)31-21)14-25-11-8-22(3,9-12-25)24-13-17(27)26-10-6-7-16(26)23-4/h15-16,18-20,24H,6-14H2,1-3,5H3/t15-,16+,18+,19-,20-/m1/s1. The van der Waals surface area contributed by atoms with Gasteiger partial charge in [-0.2, -0.15) is 0 Å². The quantitative estimate of drug-likeness (QED) is 0.627. The first kappa shape index (κ1) is 22.9. The van der Waals surface area contributed by atoms with Crippen molar-refractivity contribution in [2.24, 2.45) is 0 Å². The molecular formula is C22H36N4O5. The van der Waals surface area contributed by atoms with E-state index in [2.05, 4.69) is 22.0 Å². The van der Waals surface area contributed by atoms with E-state index in [-0.39, 0.29) is 42.2 Å². The molecule has 5 atom stereocenters. The Morgan fingerprint density at radius 1 is 1.23 bits per heavy atom. The van der Waals surface area contributed by atoms with Crippen molar-refractivity contribution < 1.29 is 23.7 Å². The molecule has 9 heteroatoms. The largest absolute Gasteiger partial charge is 0.376 e. The molecule has 0 aromatic heterocycles. The Labute approximate surface area is 185 Å². The van der Waals surface area contributed by atoms with E-state index in [0.29, 0.717) is 13.1 Å². The molecule has 0 aromatic carbocycles. The highest BCUT2D eigenvalue weighted by molar-refractivity contribution is 5.79. The molecule has 0 saturated carbocycles. The number of nitrogens with one attached hydrogen (secondary N) is 1. The molecule has 4 aliphatic heterocycles. The van der Waals surface area contributed by atoms with Crippen LogP contribution in [0.2, 0.25) is 0 Å². The van der Waals surface area contributed by atoms with Gasteiger partial charge < -0.3 is 29.2 Å². The third kappa shape index (κ3) is 4.90. The normalized spacial score (nSPS) is 37.0. The number of likely N-dealkylation sites (tertiary alicyclic amines) is 2. The summed E-state index contributed by atoms with van der Waals surface area (Å²) < 4.78 is 23.7. The molecule has 4 fully saturated rings. The third-order valence-electron chi connectivity index (χ3n) is 7.11. The first-order valence-corrected chi connectivity index (χ1v) is 11.4. The number of amides is 1. The van der Waals surface area contributed by atoms with E-state index in [4.69, 9.17) is 25.5 Å². The second kappa shape index (κ2) is 8.93. The summed E-state index contributed by atoms with van der Waals surface area (Å²) in [5.74, 6) is -0.601. The Kier molecular flexibility index (Phi) is 6.59. The van der Waals surface area contributed by atoms with Gasteiger partial charge in [-0.25, -0.2) is 6.57 Å². The number of carbonyl (C=O) groups is 1. The highest BCUT2D eigenvalue weighted by Gasteiger charge is 2.55. The lowest BCUT2D eigenvalue weighted by Crippen LogP contribution is -2.55. The first-order chi connectivity index (χ1) is 14.7. The first-order valence-electron chi connectivity index (χ1n) is 11.4. The molecule has 4 heterocycles. The number of ether oxygens (including phenoxy) is 4. The lowest BCUT2D eigenvalue weighted by Gasteiger charge is -2.41. The zero-order valence-corrected chi connectivity index (χ0v) is 19.1. The third-order valence-corrected chi connectivity index (χ3v) is 7.11. The number of piperidine rings is 1. The minimum atomic E-state index is -0.642. The number of fused-ring (bicyclic) bond motifs is 1. The zero-order valence-electron chi connectivity index (χ0n) is 19.1. The minimum Gasteiger partial charge on any atom is -0.376 e. The van der Waals surface area contributed by atoms with Crippen LogP contribution in [0.5, 0.6) is 0 Å². The smallest absolute Gasteiger partial charge is 0.300 e. The van der Waals surface area contributed by atoms with Gasteiger partial charge in [0.1, 0.15) is 18.3 Å². The molecule has 1 amide bonds. The van der Waals surface area contributed by atoms with Gasteiger partial charge in [0.2, 0.25) is 5.91 Å². The topological polar surface area (TPSA) is 76.9 Å². The molecule has 1 N–H and O–H groups in total. The van der Waals surface area contributed by atoms with Crippen LogP contribution in [0.4, 0.5) is 0 Å². The summed E-state index contributed by atoms with van der Waals surface area (Å²) in [6.45, 7) is 16.9. The maximum Gasteiger partial charge on any atom is 0.300 e. The van der Waals surface area contributed by atoms with Crippen LogP contribution in [-0.4, -0.2) is 97.6 Å². The van der Waals surface area contributed by atoms with Crippen LogP contribution in [0.25, 0.3) is 4.85 Å². The average molecular weight is 437 g/mol. The Balaban J connectivity index is 1.23. The second-order valence-electron chi connectivity index (χ2n) is 9.90. The van der Waals surface area contributed by atoms with E-state index in [1.165, 1.54) is 0 Å². The van der Waals surface area contributed by atoms with Crippen molar-refractivity contribution in [1.29, 1.82) is 0 Å². The molecule has 0 bridgehead atoms. The number of methoxy groups -OCH3 is 1. The highest BCUT2D eigenvalue weighted by Crippen LogP contribution is 2.39. The fourth-order valence-corrected chi connectivity index (χ4v) is 5.20. The number of nitrogens with zero attached hydrogens (tertiary/aromatic N) is 3. The SMILES string of the molecule is [C-]#[N+][C@@H]1CCCN1C(=O)CNC1(C)CCN(C[C@H]2O[C@@H]3OC(C)(C)O[C@@H]3[C@H]2OC)CC1. The molecule has 0 unspecified atom stereocenters. The summed E-state index contributed by atoms with van der Waals surface area (Å²) in [6, 6.07) is 0. The zero-order chi connectivity index (χ0) is 22.2. The second-order valence-corrected chi connectivity index (χ2v) is 9.90. The number of hydrogen-bond acceptors (Lipinski definition) is 7. The van der Waals surface area contributed by atoms with E-state index in [0.717, 1.165) is 45.3 Å². The minimum absolute atomic E-state index is 0.0407. The Hall–Kier alpha value is -1.28. The monoisotopic (exact) mass is 436 g/mol. The van der Waals surface area contributed by atoms with Crippen LogP contribution >= 0.6 is 0 Å². The molecule has 4 saturated heterocycles. The van der Waals surface area contributed by atoms with E-state index in [1.807, 2.05) is 13.8 Å². The van der Waals surface area contributed by atoms with Crippen LogP contribution in [-0.2, 0) is 23.7 Å². The van der Waals surface area contributed by atoms with Gasteiger partial charge in [-0.1, -0.05) is 0 Å². The van der Waals surface area contributed by atoms with Crippen LogP contribution in [0, 0.1) is 6.57 Å².